The number of hydrogen-bond acceptors (Lipinski definition) is 0. The molecule has 2 N–H and O–H groups in total. The molecule has 44 valence electrons. The van der Waals surface area contributed by atoms with Crippen LogP contribution < -0.4 is 0 Å². The predicted octanol–water partition coefficient (Wildman–Crippen LogP) is 0.843. The lowest BCUT2D eigenvalue weighted by molar-refractivity contribution is 0.253. The molecular weight excluding hydrogens is 100 g/mol. The molecule has 1 unspecified atom stereocenters. The predicted molar refractivity (Wildman–Crippen MR) is 34.9 cm³/mol. The average Bonchev–Trinajstić information content (AvgIpc) is 1.90. The molecule has 1 nitrogen and oxygen atoms in total. The van der Waals surface area contributed by atoms with Gasteiger partial charge in [-0.1, -0.05) is 24.3 Å². The van der Waals surface area contributed by atoms with Crippen molar-refractivity contribution in [2.75, 3.05) is 6.61 Å². The Bertz CT molecular complexity index is 114. The second-order valence-corrected chi connectivity index (χ2v) is 2.01. The molecule has 0 fully saturated rings. The largest absolute Gasteiger partial charge is 0.445 e. The van der Waals surface area contributed by atoms with Crippen molar-refractivity contribution in [3.8, 4) is 0 Å². The van der Waals surface area contributed by atoms with Crippen LogP contribution in [-0.2, 0) is 0 Å². The normalized spacial score (nSPS) is 26.4. The molecule has 0 heterocycles. The van der Waals surface area contributed by atoms with Gasteiger partial charge in [0.15, 0.2) is 0 Å². The molecule has 1 atom stereocenters. The summed E-state index contributed by atoms with van der Waals surface area (Å²) in [6, 6.07) is 0. The van der Waals surface area contributed by atoms with Gasteiger partial charge in [-0.15, -0.1) is 0 Å². The highest BCUT2D eigenvalue weighted by molar-refractivity contribution is 5.10. The van der Waals surface area contributed by atoms with Gasteiger partial charge in [0.1, 0.15) is 6.61 Å². The lowest BCUT2D eigenvalue weighted by Crippen LogP contribution is -2.01. The van der Waals surface area contributed by atoms with Gasteiger partial charge in [-0.3, -0.25) is 0 Å². The number of allylic oxidation sites excluding steroid dienone is 3. The van der Waals surface area contributed by atoms with Crippen LogP contribution in [-0.4, -0.2) is 11.7 Å². The van der Waals surface area contributed by atoms with Gasteiger partial charge in [0.05, 0.1) is 0 Å². The van der Waals surface area contributed by atoms with Crippen molar-refractivity contribution in [2.24, 2.45) is 5.92 Å². The van der Waals surface area contributed by atoms with Gasteiger partial charge in [-0.2, -0.15) is 0 Å². The molecule has 0 saturated heterocycles. The van der Waals surface area contributed by atoms with Crippen LogP contribution in [0.25, 0.3) is 0 Å². The number of rotatable bonds is 1. The Morgan fingerprint density at radius 1 is 1.50 bits per heavy atom. The lowest BCUT2D eigenvalue weighted by atomic mass is 10.0. The van der Waals surface area contributed by atoms with Gasteiger partial charge in [-0.05, 0) is 6.42 Å². The topological polar surface area (TPSA) is 22.9 Å². The van der Waals surface area contributed by atoms with Crippen LogP contribution in [0.4, 0.5) is 0 Å². The third kappa shape index (κ3) is 1.20. The Morgan fingerprint density at radius 2 is 2.38 bits per heavy atom. The van der Waals surface area contributed by atoms with E-state index in [0.29, 0.717) is 12.5 Å². The SMILES string of the molecule is [OH2+]CC1C=CC=CC1. The summed E-state index contributed by atoms with van der Waals surface area (Å²) in [5, 5.41) is 7.01. The van der Waals surface area contributed by atoms with Crippen molar-refractivity contribution in [3.05, 3.63) is 24.3 Å². The molecule has 8 heavy (non-hydrogen) atoms. The molecule has 0 radical (unpaired) electrons. The van der Waals surface area contributed by atoms with Crippen LogP contribution in [0.1, 0.15) is 6.42 Å². The fourth-order valence-electron chi connectivity index (χ4n) is 0.783. The minimum Gasteiger partial charge on any atom is -0.445 e. The van der Waals surface area contributed by atoms with Crippen molar-refractivity contribution in [3.63, 3.8) is 0 Å². The zero-order valence-electron chi connectivity index (χ0n) is 4.80. The summed E-state index contributed by atoms with van der Waals surface area (Å²) < 4.78 is 0. The van der Waals surface area contributed by atoms with Gasteiger partial charge in [0.25, 0.3) is 0 Å². The van der Waals surface area contributed by atoms with Gasteiger partial charge in [-0.25, -0.2) is 0 Å². The molecule has 0 bridgehead atoms. The summed E-state index contributed by atoms with van der Waals surface area (Å²) in [7, 11) is 0. The van der Waals surface area contributed by atoms with E-state index in [9.17, 15) is 0 Å². The van der Waals surface area contributed by atoms with Crippen molar-refractivity contribution in [2.45, 2.75) is 6.42 Å². The van der Waals surface area contributed by atoms with E-state index in [-0.39, 0.29) is 0 Å². The van der Waals surface area contributed by atoms with Gasteiger partial charge in [0.2, 0.25) is 0 Å². The quantitative estimate of drug-likeness (QED) is 0.448. The van der Waals surface area contributed by atoms with Crippen LogP contribution in [0.2, 0.25) is 0 Å². The Balaban J connectivity index is 2.40. The third-order valence-corrected chi connectivity index (χ3v) is 1.33. The Morgan fingerprint density at radius 3 is 2.75 bits per heavy atom. The molecule has 0 aromatic heterocycles. The minimum absolute atomic E-state index is 0.486. The summed E-state index contributed by atoms with van der Waals surface area (Å²) >= 11 is 0. The second-order valence-electron chi connectivity index (χ2n) is 2.01. The van der Waals surface area contributed by atoms with E-state index in [1.54, 1.807) is 0 Å². The fraction of sp³-hybridized carbons (Fsp3) is 0.429. The van der Waals surface area contributed by atoms with Crippen molar-refractivity contribution < 1.29 is 5.11 Å². The van der Waals surface area contributed by atoms with Gasteiger partial charge < -0.3 is 5.11 Å². The molecule has 0 amide bonds. The zero-order chi connectivity index (χ0) is 5.82. The monoisotopic (exact) mass is 111 g/mol. The molecule has 1 aliphatic rings. The maximum atomic E-state index is 7.01. The Kier molecular flexibility index (Phi) is 1.86. The third-order valence-electron chi connectivity index (χ3n) is 1.33. The summed E-state index contributed by atoms with van der Waals surface area (Å²) in [6.45, 7) is 0.529. The lowest BCUT2D eigenvalue weighted by Gasteiger charge is -2.04. The van der Waals surface area contributed by atoms with Gasteiger partial charge >= 0.3 is 0 Å². The van der Waals surface area contributed by atoms with Gasteiger partial charge in [0, 0.05) is 5.92 Å². The van der Waals surface area contributed by atoms with Crippen LogP contribution in [0, 0.1) is 5.92 Å². The second kappa shape index (κ2) is 2.68. The number of hydrogen-bond donors (Lipinski definition) is 0. The van der Waals surface area contributed by atoms with E-state index < -0.39 is 0 Å². The molecule has 1 aliphatic carbocycles. The van der Waals surface area contributed by atoms with E-state index in [4.69, 9.17) is 5.11 Å². The highest BCUT2D eigenvalue weighted by atomic mass is 16.3. The molecule has 1 heteroatoms. The summed E-state index contributed by atoms with van der Waals surface area (Å²) in [5.74, 6) is 0.486. The molecule has 1 rings (SSSR count). The standard InChI is InChI=1S/C7H10O/c8-6-7-4-2-1-3-5-7/h1-4,7-8H,5-6H2/p+1. The minimum atomic E-state index is 0.486. The van der Waals surface area contributed by atoms with Crippen LogP contribution in [0.5, 0.6) is 0 Å². The van der Waals surface area contributed by atoms with E-state index >= 15 is 0 Å². The Hall–Kier alpha value is -0.560. The fourth-order valence-corrected chi connectivity index (χ4v) is 0.783. The molecule has 0 aliphatic heterocycles. The first-order chi connectivity index (χ1) is 3.93. The van der Waals surface area contributed by atoms with E-state index in [2.05, 4.69) is 12.2 Å². The van der Waals surface area contributed by atoms with E-state index in [1.165, 1.54) is 0 Å². The average molecular weight is 111 g/mol. The van der Waals surface area contributed by atoms with Crippen molar-refractivity contribution in [1.29, 1.82) is 0 Å². The maximum Gasteiger partial charge on any atom is 0.150 e. The molecule has 0 saturated carbocycles. The first kappa shape index (κ1) is 5.57. The van der Waals surface area contributed by atoms with Crippen LogP contribution in [0.15, 0.2) is 24.3 Å². The zero-order valence-corrected chi connectivity index (χ0v) is 4.80. The highest BCUT2D eigenvalue weighted by Gasteiger charge is 2.03. The van der Waals surface area contributed by atoms with Crippen molar-refractivity contribution >= 4 is 0 Å². The molecular formula is C7H11O+. The van der Waals surface area contributed by atoms with Crippen LogP contribution >= 0.6 is 0 Å². The van der Waals surface area contributed by atoms with E-state index in [1.807, 2.05) is 12.2 Å². The summed E-state index contributed by atoms with van der Waals surface area (Å²) in [4.78, 5) is 0. The first-order valence-corrected chi connectivity index (χ1v) is 2.91. The highest BCUT2D eigenvalue weighted by Crippen LogP contribution is 2.08. The van der Waals surface area contributed by atoms with Crippen LogP contribution in [0.3, 0.4) is 0 Å². The maximum absolute atomic E-state index is 7.01. The smallest absolute Gasteiger partial charge is 0.150 e. The molecule has 0 aromatic carbocycles. The Labute approximate surface area is 49.3 Å². The first-order valence-electron chi connectivity index (χ1n) is 2.91. The molecule has 0 spiro atoms. The summed E-state index contributed by atoms with van der Waals surface area (Å²) in [5.41, 5.74) is 0. The van der Waals surface area contributed by atoms with E-state index in [0.717, 1.165) is 6.42 Å². The van der Waals surface area contributed by atoms with Crippen molar-refractivity contribution in [1.82, 2.24) is 0 Å². The summed E-state index contributed by atoms with van der Waals surface area (Å²) in [6.07, 6.45) is 9.31. The molecule has 0 aromatic rings.